The van der Waals surface area contributed by atoms with Crippen molar-refractivity contribution in [2.45, 2.75) is 52.4 Å². The molecule has 0 radical (unpaired) electrons. The Morgan fingerprint density at radius 2 is 0.576 bits per heavy atom. The van der Waals surface area contributed by atoms with Gasteiger partial charge in [-0.15, -0.1) is 0 Å². The number of hydrogen-bond donors (Lipinski definition) is 0. The molecule has 0 spiro atoms. The molecule has 0 saturated heterocycles. The number of hydrogen-bond acceptors (Lipinski definition) is 0. The molecule has 0 nitrogen and oxygen atoms in total. The van der Waals surface area contributed by atoms with E-state index < -0.39 is 0 Å². The van der Waals surface area contributed by atoms with E-state index in [0.29, 0.717) is 0 Å². The summed E-state index contributed by atoms with van der Waals surface area (Å²) in [6.07, 6.45) is 0. The minimum atomic E-state index is 0.0682. The first-order valence-electron chi connectivity index (χ1n) is 23.6. The van der Waals surface area contributed by atoms with Crippen molar-refractivity contribution < 1.29 is 0 Å². The molecule has 66 heavy (non-hydrogen) atoms. The molecule has 0 heteroatoms. The number of benzene rings is 13. The molecule has 0 bridgehead atoms. The topological polar surface area (TPSA) is 0 Å². The van der Waals surface area contributed by atoms with Crippen molar-refractivity contribution in [3.63, 3.8) is 0 Å². The van der Waals surface area contributed by atoms with Gasteiger partial charge in [0.15, 0.2) is 0 Å². The fourth-order valence-corrected chi connectivity index (χ4v) is 11.4. The minimum absolute atomic E-state index is 0.0682. The number of fused-ring (bicyclic) bond motifs is 3. The molecule has 0 aliphatic heterocycles. The van der Waals surface area contributed by atoms with Gasteiger partial charge < -0.3 is 0 Å². The summed E-state index contributed by atoms with van der Waals surface area (Å²) in [4.78, 5) is 0. The zero-order valence-corrected chi connectivity index (χ0v) is 38.5. The normalized spacial score (nSPS) is 12.7. The third kappa shape index (κ3) is 5.84. The van der Waals surface area contributed by atoms with Crippen molar-refractivity contribution in [3.05, 3.63) is 205 Å². The van der Waals surface area contributed by atoms with Crippen LogP contribution in [-0.2, 0) is 10.8 Å². The Morgan fingerprint density at radius 3 is 0.955 bits per heavy atom. The van der Waals surface area contributed by atoms with E-state index in [0.717, 1.165) is 0 Å². The van der Waals surface area contributed by atoms with E-state index in [2.05, 4.69) is 236 Å². The Morgan fingerprint density at radius 1 is 0.242 bits per heavy atom. The summed E-state index contributed by atoms with van der Waals surface area (Å²) in [6, 6.07) is 74.3. The Bertz CT molecular complexity index is 3770. The molecule has 0 saturated carbocycles. The fraction of sp³-hybridized carbons (Fsp3) is 0.121. The van der Waals surface area contributed by atoms with Crippen molar-refractivity contribution in [2.75, 3.05) is 0 Å². The van der Waals surface area contributed by atoms with Crippen LogP contribution < -0.4 is 0 Å². The van der Waals surface area contributed by atoms with Crippen molar-refractivity contribution in [2.24, 2.45) is 0 Å². The lowest BCUT2D eigenvalue weighted by Gasteiger charge is -2.22. The van der Waals surface area contributed by atoms with E-state index in [1.807, 2.05) is 0 Å². The summed E-state index contributed by atoms with van der Waals surface area (Å²) in [6.45, 7) is 13.9. The molecular formula is C66H50. The second-order valence-corrected chi connectivity index (χ2v) is 20.9. The van der Waals surface area contributed by atoms with E-state index >= 15 is 0 Å². The van der Waals surface area contributed by atoms with Crippen molar-refractivity contribution >= 4 is 86.2 Å². The lowest BCUT2D eigenvalue weighted by molar-refractivity contribution is 0.591. The molecule has 314 valence electrons. The quantitative estimate of drug-likeness (QED) is 0.155. The van der Waals surface area contributed by atoms with E-state index in [4.69, 9.17) is 0 Å². The lowest BCUT2D eigenvalue weighted by Crippen LogP contribution is -2.10. The van der Waals surface area contributed by atoms with Crippen LogP contribution in [0.1, 0.15) is 52.7 Å². The Labute approximate surface area is 386 Å². The van der Waals surface area contributed by atoms with E-state index in [9.17, 15) is 0 Å². The van der Waals surface area contributed by atoms with Crippen LogP contribution in [-0.4, -0.2) is 0 Å². The maximum atomic E-state index is 2.49. The highest BCUT2D eigenvalue weighted by molar-refractivity contribution is 6.29. The van der Waals surface area contributed by atoms with Crippen LogP contribution in [0.15, 0.2) is 194 Å². The smallest absolute Gasteiger partial charge is 0.00203 e. The average Bonchev–Trinajstić information content (AvgIpc) is 3.33. The molecular weight excluding hydrogens is 793 g/mol. The molecule has 0 aromatic heterocycles. The summed E-state index contributed by atoms with van der Waals surface area (Å²) < 4.78 is 0. The zero-order valence-electron chi connectivity index (χ0n) is 38.5. The molecule has 13 rings (SSSR count). The average molecular weight is 843 g/mol. The van der Waals surface area contributed by atoms with Gasteiger partial charge in [-0.1, -0.05) is 224 Å². The highest BCUT2D eigenvalue weighted by Crippen LogP contribution is 2.49. The van der Waals surface area contributed by atoms with Crippen LogP contribution >= 0.6 is 0 Å². The van der Waals surface area contributed by atoms with Crippen LogP contribution in [0.2, 0.25) is 0 Å². The highest BCUT2D eigenvalue weighted by Gasteiger charge is 2.23. The second kappa shape index (κ2) is 14.0. The molecule has 0 N–H and O–H groups in total. The van der Waals surface area contributed by atoms with Crippen molar-refractivity contribution in [3.8, 4) is 44.5 Å². The molecule has 0 aliphatic rings. The van der Waals surface area contributed by atoms with Crippen LogP contribution in [0, 0.1) is 0 Å². The van der Waals surface area contributed by atoms with Crippen molar-refractivity contribution in [1.82, 2.24) is 0 Å². The zero-order chi connectivity index (χ0) is 44.6. The molecule has 0 fully saturated rings. The summed E-state index contributed by atoms with van der Waals surface area (Å²) in [5.74, 6) is 0. The SMILES string of the molecule is CC(C)(C)c1cc2ccc3ccc(-c4ccc5c(-c6ccccc6)c(-c6ccccc6)c6ccc(-c7ccc8ccc9cc(C(C)(C)C)cc%10ccc7c8c9%10)cc6c5c4)c4ccc(c1)c2c34. The second-order valence-electron chi connectivity index (χ2n) is 20.9. The van der Waals surface area contributed by atoms with Gasteiger partial charge in [-0.2, -0.15) is 0 Å². The maximum Gasteiger partial charge on any atom is -0.00203 e. The fourth-order valence-electron chi connectivity index (χ4n) is 11.4. The summed E-state index contributed by atoms with van der Waals surface area (Å²) >= 11 is 0. The molecule has 0 amide bonds. The molecule has 0 heterocycles. The highest BCUT2D eigenvalue weighted by atomic mass is 14.3. The van der Waals surface area contributed by atoms with Crippen LogP contribution in [0.4, 0.5) is 0 Å². The first-order valence-corrected chi connectivity index (χ1v) is 23.6. The monoisotopic (exact) mass is 842 g/mol. The molecule has 0 atom stereocenters. The van der Waals surface area contributed by atoms with Crippen LogP contribution in [0.3, 0.4) is 0 Å². The summed E-state index contributed by atoms with van der Waals surface area (Å²) in [5, 5.41) is 20.9. The van der Waals surface area contributed by atoms with Gasteiger partial charge in [0.2, 0.25) is 0 Å². The number of rotatable bonds is 4. The predicted molar refractivity (Wildman–Crippen MR) is 288 cm³/mol. The molecule has 0 aliphatic carbocycles. The first kappa shape index (κ1) is 38.9. The van der Waals surface area contributed by atoms with Gasteiger partial charge in [0.05, 0.1) is 0 Å². The Balaban J connectivity index is 1.10. The largest absolute Gasteiger partial charge is 0.0622 e. The minimum Gasteiger partial charge on any atom is -0.0622 e. The van der Waals surface area contributed by atoms with Gasteiger partial charge in [-0.3, -0.25) is 0 Å². The van der Waals surface area contributed by atoms with Gasteiger partial charge in [0.1, 0.15) is 0 Å². The van der Waals surface area contributed by atoms with Gasteiger partial charge in [0, 0.05) is 0 Å². The molecule has 0 unspecified atom stereocenters. The first-order chi connectivity index (χ1) is 32.0. The summed E-state index contributed by atoms with van der Waals surface area (Å²) in [7, 11) is 0. The Hall–Kier alpha value is -7.54. The predicted octanol–water partition coefficient (Wildman–Crippen LogP) is 19.1. The maximum absolute atomic E-state index is 2.49. The van der Waals surface area contributed by atoms with Gasteiger partial charge in [0.25, 0.3) is 0 Å². The van der Waals surface area contributed by atoms with Crippen molar-refractivity contribution in [1.29, 1.82) is 0 Å². The lowest BCUT2D eigenvalue weighted by atomic mass is 9.81. The summed E-state index contributed by atoms with van der Waals surface area (Å²) in [5.41, 5.74) is 12.8. The third-order valence-corrected chi connectivity index (χ3v) is 14.8. The standard InChI is InChI=1S/C66H50/c1-65(2,3)49-33-45-19-17-41-21-27-51(53-31-25-47(35-49)59(45)61(41)53)43-23-29-55-57(37-43)58-38-44(24-30-56(58)64(40-15-11-8-12-16-40)63(55)39-13-9-7-10-14-39)52-28-22-42-18-20-46-34-50(66(4,5)6)36-48-26-32-54(52)62(42)60(46)48/h7-38H,1-6H3. The Kier molecular flexibility index (Phi) is 8.24. The van der Waals surface area contributed by atoms with Gasteiger partial charge in [-0.05, 0) is 165 Å². The third-order valence-electron chi connectivity index (χ3n) is 14.8. The van der Waals surface area contributed by atoms with E-state index in [1.54, 1.807) is 0 Å². The molecule has 13 aromatic rings. The van der Waals surface area contributed by atoms with Crippen LogP contribution in [0.25, 0.3) is 131 Å². The van der Waals surface area contributed by atoms with E-state index in [-0.39, 0.29) is 10.8 Å². The van der Waals surface area contributed by atoms with Crippen LogP contribution in [0.5, 0.6) is 0 Å². The van der Waals surface area contributed by atoms with E-state index in [1.165, 1.54) is 142 Å². The molecule has 13 aromatic carbocycles. The van der Waals surface area contributed by atoms with Gasteiger partial charge >= 0.3 is 0 Å². The van der Waals surface area contributed by atoms with Gasteiger partial charge in [-0.25, -0.2) is 0 Å².